The Labute approximate surface area is 211 Å². The minimum absolute atomic E-state index is 0. The lowest BCUT2D eigenvalue weighted by atomic mass is 9.90. The number of unbranched alkanes of at least 4 members (excludes halogenated alkanes) is 1. The number of likely N-dealkylation sites (tertiary alicyclic amines) is 2. The smallest absolute Gasteiger partial charge is 0.220 e. The van der Waals surface area contributed by atoms with E-state index in [-0.39, 0.29) is 35.8 Å². The van der Waals surface area contributed by atoms with Crippen molar-refractivity contribution in [2.75, 3.05) is 45.8 Å². The largest absolute Gasteiger partial charge is 0.369 e. The van der Waals surface area contributed by atoms with Gasteiger partial charge in [-0.1, -0.05) is 30.3 Å². The standard InChI is InChI=1S/C25H41N5O.HI/c1-2-27-25(28-14-6-7-15-29-16-12-23(13-17-29)24(26)31)30-18-10-22(11-19-30)20-21-8-4-3-5-9-21;/h3-5,8-9,22-23H,2,6-7,10-20H2,1H3,(H2,26,31)(H,27,28);1H. The van der Waals surface area contributed by atoms with Crippen LogP contribution in [0.15, 0.2) is 35.3 Å². The maximum atomic E-state index is 11.3. The lowest BCUT2D eigenvalue weighted by molar-refractivity contribution is -0.123. The number of hydrogen-bond donors (Lipinski definition) is 2. The van der Waals surface area contributed by atoms with Crippen molar-refractivity contribution < 1.29 is 4.79 Å². The van der Waals surface area contributed by atoms with Crippen LogP contribution in [0.1, 0.15) is 51.0 Å². The molecule has 1 amide bonds. The number of hydrogen-bond acceptors (Lipinski definition) is 3. The van der Waals surface area contributed by atoms with Crippen molar-refractivity contribution in [3.05, 3.63) is 35.9 Å². The second kappa shape index (κ2) is 14.7. The Morgan fingerprint density at radius 2 is 1.75 bits per heavy atom. The van der Waals surface area contributed by atoms with E-state index in [0.717, 1.165) is 83.4 Å². The number of carbonyl (C=O) groups is 1. The molecule has 0 aliphatic carbocycles. The maximum absolute atomic E-state index is 11.3. The van der Waals surface area contributed by atoms with E-state index in [0.29, 0.717) is 0 Å². The van der Waals surface area contributed by atoms with Gasteiger partial charge in [0, 0.05) is 32.1 Å². The number of piperidine rings is 2. The highest BCUT2D eigenvalue weighted by Gasteiger charge is 2.23. The Hall–Kier alpha value is -1.35. The monoisotopic (exact) mass is 555 g/mol. The third-order valence-electron chi connectivity index (χ3n) is 6.75. The normalized spacial score (nSPS) is 18.9. The van der Waals surface area contributed by atoms with Crippen LogP contribution in [0.4, 0.5) is 0 Å². The molecule has 6 nitrogen and oxygen atoms in total. The SMILES string of the molecule is CCNC(=NCCCCN1CCC(C(N)=O)CC1)N1CCC(Cc2ccccc2)CC1.I. The molecule has 2 saturated heterocycles. The van der Waals surface area contributed by atoms with Crippen LogP contribution < -0.4 is 11.1 Å². The van der Waals surface area contributed by atoms with Crippen molar-refractivity contribution in [2.24, 2.45) is 22.6 Å². The van der Waals surface area contributed by atoms with Gasteiger partial charge in [0.25, 0.3) is 0 Å². The average molecular weight is 556 g/mol. The number of rotatable bonds is 9. The van der Waals surface area contributed by atoms with Gasteiger partial charge in [-0.3, -0.25) is 9.79 Å². The van der Waals surface area contributed by atoms with Gasteiger partial charge < -0.3 is 20.9 Å². The molecule has 2 aliphatic heterocycles. The zero-order valence-electron chi connectivity index (χ0n) is 19.7. The minimum Gasteiger partial charge on any atom is -0.369 e. The fourth-order valence-corrected chi connectivity index (χ4v) is 4.80. The second-order valence-electron chi connectivity index (χ2n) is 9.08. The summed E-state index contributed by atoms with van der Waals surface area (Å²) in [5.41, 5.74) is 6.89. The van der Waals surface area contributed by atoms with E-state index in [1.54, 1.807) is 0 Å². The van der Waals surface area contributed by atoms with Gasteiger partial charge in [-0.15, -0.1) is 24.0 Å². The number of guanidine groups is 1. The second-order valence-corrected chi connectivity index (χ2v) is 9.08. The summed E-state index contributed by atoms with van der Waals surface area (Å²) in [5, 5.41) is 3.49. The predicted molar refractivity (Wildman–Crippen MR) is 143 cm³/mol. The Kier molecular flexibility index (Phi) is 12.4. The summed E-state index contributed by atoms with van der Waals surface area (Å²) in [6.07, 6.45) is 7.76. The van der Waals surface area contributed by atoms with Crippen LogP contribution in [0.5, 0.6) is 0 Å². The third-order valence-corrected chi connectivity index (χ3v) is 6.75. The molecule has 2 aliphatic rings. The van der Waals surface area contributed by atoms with Crippen LogP contribution in [0.25, 0.3) is 0 Å². The molecule has 1 aromatic carbocycles. The Morgan fingerprint density at radius 3 is 2.38 bits per heavy atom. The Morgan fingerprint density at radius 1 is 1.06 bits per heavy atom. The zero-order chi connectivity index (χ0) is 21.9. The van der Waals surface area contributed by atoms with Gasteiger partial charge in [-0.2, -0.15) is 0 Å². The minimum atomic E-state index is -0.131. The lowest BCUT2D eigenvalue weighted by Crippen LogP contribution is -2.46. The number of carbonyl (C=O) groups excluding carboxylic acids is 1. The van der Waals surface area contributed by atoms with Crippen LogP contribution >= 0.6 is 24.0 Å². The van der Waals surface area contributed by atoms with Crippen molar-refractivity contribution in [2.45, 2.75) is 51.9 Å². The molecule has 2 heterocycles. The van der Waals surface area contributed by atoms with Crippen molar-refractivity contribution in [1.82, 2.24) is 15.1 Å². The van der Waals surface area contributed by atoms with Gasteiger partial charge >= 0.3 is 0 Å². The number of nitrogens with two attached hydrogens (primary N) is 1. The number of benzene rings is 1. The van der Waals surface area contributed by atoms with E-state index in [1.807, 2.05) is 0 Å². The van der Waals surface area contributed by atoms with Crippen LogP contribution in [0.2, 0.25) is 0 Å². The summed E-state index contributed by atoms with van der Waals surface area (Å²) < 4.78 is 0. The molecule has 0 aromatic heterocycles. The van der Waals surface area contributed by atoms with Gasteiger partial charge in [0.15, 0.2) is 5.96 Å². The molecule has 0 spiro atoms. The highest BCUT2D eigenvalue weighted by molar-refractivity contribution is 14.0. The Bertz CT molecular complexity index is 683. The van der Waals surface area contributed by atoms with Crippen LogP contribution in [0, 0.1) is 11.8 Å². The van der Waals surface area contributed by atoms with E-state index in [4.69, 9.17) is 10.7 Å². The van der Waals surface area contributed by atoms with Crippen LogP contribution in [0.3, 0.4) is 0 Å². The van der Waals surface area contributed by atoms with Crippen molar-refractivity contribution >= 4 is 35.8 Å². The van der Waals surface area contributed by atoms with Crippen molar-refractivity contribution in [3.8, 4) is 0 Å². The molecule has 32 heavy (non-hydrogen) atoms. The Balaban J connectivity index is 0.00000363. The topological polar surface area (TPSA) is 74.0 Å². The molecule has 3 N–H and O–H groups in total. The van der Waals surface area contributed by atoms with Gasteiger partial charge in [0.05, 0.1) is 0 Å². The molecule has 7 heteroatoms. The number of primary amides is 1. The maximum Gasteiger partial charge on any atom is 0.220 e. The van der Waals surface area contributed by atoms with Gasteiger partial charge in [-0.25, -0.2) is 0 Å². The van der Waals surface area contributed by atoms with Gasteiger partial charge in [0.2, 0.25) is 5.91 Å². The molecule has 1 aromatic rings. The first-order valence-corrected chi connectivity index (χ1v) is 12.2. The summed E-state index contributed by atoms with van der Waals surface area (Å²) in [6.45, 7) is 9.22. The fourth-order valence-electron chi connectivity index (χ4n) is 4.80. The predicted octanol–water partition coefficient (Wildman–Crippen LogP) is 3.50. The molecule has 2 fully saturated rings. The summed E-state index contributed by atoms with van der Waals surface area (Å²) >= 11 is 0. The highest BCUT2D eigenvalue weighted by atomic mass is 127. The molecule has 180 valence electrons. The summed E-state index contributed by atoms with van der Waals surface area (Å²) in [6, 6.07) is 10.9. The molecular weight excluding hydrogens is 513 g/mol. The number of nitrogens with zero attached hydrogens (tertiary/aromatic N) is 3. The van der Waals surface area contributed by atoms with Crippen molar-refractivity contribution in [1.29, 1.82) is 0 Å². The summed E-state index contributed by atoms with van der Waals surface area (Å²) in [4.78, 5) is 21.1. The lowest BCUT2D eigenvalue weighted by Gasteiger charge is -2.34. The van der Waals surface area contributed by atoms with E-state index < -0.39 is 0 Å². The van der Waals surface area contributed by atoms with Crippen molar-refractivity contribution in [3.63, 3.8) is 0 Å². The molecule has 0 saturated carbocycles. The molecule has 0 bridgehead atoms. The summed E-state index contributed by atoms with van der Waals surface area (Å²) in [5.74, 6) is 1.82. The quantitative estimate of drug-likeness (QED) is 0.212. The number of halogens is 1. The van der Waals surface area contributed by atoms with E-state index in [1.165, 1.54) is 24.8 Å². The van der Waals surface area contributed by atoms with Gasteiger partial charge in [-0.05, 0) is 83.0 Å². The third kappa shape index (κ3) is 8.89. The van der Waals surface area contributed by atoms with E-state index in [9.17, 15) is 4.79 Å². The number of amides is 1. The summed E-state index contributed by atoms with van der Waals surface area (Å²) in [7, 11) is 0. The number of nitrogens with one attached hydrogen (secondary N) is 1. The van der Waals surface area contributed by atoms with E-state index >= 15 is 0 Å². The number of aliphatic imine (C=N–C) groups is 1. The van der Waals surface area contributed by atoms with E-state index in [2.05, 4.69) is 52.4 Å². The average Bonchev–Trinajstić information content (AvgIpc) is 2.80. The molecule has 0 unspecified atom stereocenters. The highest BCUT2D eigenvalue weighted by Crippen LogP contribution is 2.22. The molecule has 0 radical (unpaired) electrons. The molecular formula is C25H42IN5O. The first-order valence-electron chi connectivity index (χ1n) is 12.2. The molecule has 3 rings (SSSR count). The van der Waals surface area contributed by atoms with Gasteiger partial charge in [0.1, 0.15) is 0 Å². The van der Waals surface area contributed by atoms with Crippen LogP contribution in [-0.2, 0) is 11.2 Å². The first kappa shape index (κ1) is 26.9. The molecule has 0 atom stereocenters. The zero-order valence-corrected chi connectivity index (χ0v) is 22.0. The first-order chi connectivity index (χ1) is 15.2. The fraction of sp³-hybridized carbons (Fsp3) is 0.680. The van der Waals surface area contributed by atoms with Crippen LogP contribution in [-0.4, -0.2) is 67.5 Å².